The zero-order chi connectivity index (χ0) is 12.6. The molecule has 0 amide bonds. The Morgan fingerprint density at radius 2 is 2.28 bits per heavy atom. The number of nitrogens with zero attached hydrogens (tertiary/aromatic N) is 2. The summed E-state index contributed by atoms with van der Waals surface area (Å²) in [5.74, 6) is 1.30. The molecule has 0 radical (unpaired) electrons. The fourth-order valence-corrected chi connectivity index (χ4v) is 2.21. The summed E-state index contributed by atoms with van der Waals surface area (Å²) < 4.78 is 10.8. The van der Waals surface area contributed by atoms with Gasteiger partial charge in [-0.05, 0) is 38.3 Å². The van der Waals surface area contributed by atoms with Crippen molar-refractivity contribution in [2.75, 3.05) is 26.8 Å². The van der Waals surface area contributed by atoms with Crippen molar-refractivity contribution >= 4 is 0 Å². The van der Waals surface area contributed by atoms with Gasteiger partial charge in [-0.1, -0.05) is 0 Å². The zero-order valence-electron chi connectivity index (χ0n) is 10.9. The van der Waals surface area contributed by atoms with Gasteiger partial charge < -0.3 is 14.8 Å². The molecule has 0 aromatic carbocycles. The highest BCUT2D eigenvalue weighted by Crippen LogP contribution is 2.15. The molecule has 1 fully saturated rings. The standard InChI is InChI=1S/C13H21N3O2/c1-17-13-12(15-6-7-16-13)10-18-8-4-11-3-2-5-14-9-11/h6-7,11,14H,2-5,8-10H2,1H3/t11-/m0/s1. The molecular weight excluding hydrogens is 230 g/mol. The molecule has 1 aliphatic heterocycles. The number of methoxy groups -OCH3 is 1. The number of hydrogen-bond donors (Lipinski definition) is 1. The summed E-state index contributed by atoms with van der Waals surface area (Å²) in [7, 11) is 1.60. The predicted molar refractivity (Wildman–Crippen MR) is 68.5 cm³/mol. The minimum atomic E-state index is 0.469. The van der Waals surface area contributed by atoms with Gasteiger partial charge in [0.05, 0.1) is 13.7 Å². The van der Waals surface area contributed by atoms with Gasteiger partial charge in [-0.2, -0.15) is 0 Å². The van der Waals surface area contributed by atoms with Crippen LogP contribution >= 0.6 is 0 Å². The summed E-state index contributed by atoms with van der Waals surface area (Å²) >= 11 is 0. The van der Waals surface area contributed by atoms with Gasteiger partial charge in [-0.25, -0.2) is 4.98 Å². The third-order valence-electron chi connectivity index (χ3n) is 3.24. The molecule has 1 N–H and O–H groups in total. The van der Waals surface area contributed by atoms with Gasteiger partial charge in [0.2, 0.25) is 5.88 Å². The SMILES string of the molecule is COc1nccnc1COCC[C@@H]1CCCNC1. The van der Waals surface area contributed by atoms with E-state index in [4.69, 9.17) is 9.47 Å². The van der Waals surface area contributed by atoms with Crippen LogP contribution in [0.25, 0.3) is 0 Å². The van der Waals surface area contributed by atoms with Gasteiger partial charge in [0, 0.05) is 19.0 Å². The largest absolute Gasteiger partial charge is 0.480 e. The fraction of sp³-hybridized carbons (Fsp3) is 0.692. The number of piperidine rings is 1. The Morgan fingerprint density at radius 3 is 3.06 bits per heavy atom. The highest BCUT2D eigenvalue weighted by Gasteiger charge is 2.12. The summed E-state index contributed by atoms with van der Waals surface area (Å²) in [6.07, 6.45) is 6.98. The second-order valence-corrected chi connectivity index (χ2v) is 4.57. The molecule has 0 spiro atoms. The zero-order valence-corrected chi connectivity index (χ0v) is 10.9. The molecule has 0 bridgehead atoms. The lowest BCUT2D eigenvalue weighted by molar-refractivity contribution is 0.0989. The summed E-state index contributed by atoms with van der Waals surface area (Å²) in [6.45, 7) is 3.52. The second kappa shape index (κ2) is 7.28. The van der Waals surface area contributed by atoms with E-state index in [2.05, 4.69) is 15.3 Å². The minimum absolute atomic E-state index is 0.469. The first-order chi connectivity index (χ1) is 8.90. The van der Waals surface area contributed by atoms with Crippen LogP contribution in [0.3, 0.4) is 0 Å². The number of nitrogens with one attached hydrogen (secondary N) is 1. The Hall–Kier alpha value is -1.20. The van der Waals surface area contributed by atoms with Crippen LogP contribution in [0, 0.1) is 5.92 Å². The third kappa shape index (κ3) is 3.92. The van der Waals surface area contributed by atoms with E-state index in [1.807, 2.05) is 0 Å². The third-order valence-corrected chi connectivity index (χ3v) is 3.24. The lowest BCUT2D eigenvalue weighted by atomic mass is 9.97. The average Bonchev–Trinajstić information content (AvgIpc) is 2.45. The number of hydrogen-bond acceptors (Lipinski definition) is 5. The molecule has 1 aromatic heterocycles. The first kappa shape index (κ1) is 13.2. The Labute approximate surface area is 108 Å². The quantitative estimate of drug-likeness (QED) is 0.774. The number of aromatic nitrogens is 2. The highest BCUT2D eigenvalue weighted by molar-refractivity contribution is 5.15. The van der Waals surface area contributed by atoms with Gasteiger partial charge in [0.1, 0.15) is 5.69 Å². The molecule has 5 heteroatoms. The molecule has 18 heavy (non-hydrogen) atoms. The van der Waals surface area contributed by atoms with Gasteiger partial charge in [0.15, 0.2) is 0 Å². The van der Waals surface area contributed by atoms with Gasteiger partial charge in [-0.15, -0.1) is 0 Å². The Morgan fingerprint density at radius 1 is 1.39 bits per heavy atom. The van der Waals surface area contributed by atoms with E-state index >= 15 is 0 Å². The van der Waals surface area contributed by atoms with Crippen LogP contribution < -0.4 is 10.1 Å². The Kier molecular flexibility index (Phi) is 5.36. The predicted octanol–water partition coefficient (Wildman–Crippen LogP) is 1.39. The molecular formula is C13H21N3O2. The molecule has 1 aliphatic rings. The summed E-state index contributed by atoms with van der Waals surface area (Å²) in [5.41, 5.74) is 0.766. The van der Waals surface area contributed by atoms with Crippen molar-refractivity contribution in [1.29, 1.82) is 0 Å². The van der Waals surface area contributed by atoms with Crippen LogP contribution in [0.4, 0.5) is 0 Å². The summed E-state index contributed by atoms with van der Waals surface area (Å²) in [4.78, 5) is 8.30. The fourth-order valence-electron chi connectivity index (χ4n) is 2.21. The number of ether oxygens (including phenoxy) is 2. The lowest BCUT2D eigenvalue weighted by Gasteiger charge is -2.22. The van der Waals surface area contributed by atoms with Crippen LogP contribution in [0.5, 0.6) is 5.88 Å². The van der Waals surface area contributed by atoms with Crippen molar-refractivity contribution in [2.45, 2.75) is 25.9 Å². The van der Waals surface area contributed by atoms with Crippen LogP contribution in [-0.4, -0.2) is 36.8 Å². The molecule has 0 unspecified atom stereocenters. The smallest absolute Gasteiger partial charge is 0.237 e. The summed E-state index contributed by atoms with van der Waals surface area (Å²) in [6, 6.07) is 0. The van der Waals surface area contributed by atoms with Crippen LogP contribution in [0.2, 0.25) is 0 Å². The minimum Gasteiger partial charge on any atom is -0.480 e. The van der Waals surface area contributed by atoms with Crippen LogP contribution in [0.15, 0.2) is 12.4 Å². The van der Waals surface area contributed by atoms with Gasteiger partial charge in [-0.3, -0.25) is 4.98 Å². The topological polar surface area (TPSA) is 56.3 Å². The summed E-state index contributed by atoms with van der Waals surface area (Å²) in [5, 5.41) is 3.41. The molecule has 1 atom stereocenters. The maximum atomic E-state index is 5.65. The van der Waals surface area contributed by atoms with E-state index in [-0.39, 0.29) is 0 Å². The average molecular weight is 251 g/mol. The van der Waals surface area contributed by atoms with E-state index in [0.717, 1.165) is 37.7 Å². The lowest BCUT2D eigenvalue weighted by Crippen LogP contribution is -2.30. The van der Waals surface area contributed by atoms with Crippen molar-refractivity contribution in [3.63, 3.8) is 0 Å². The molecule has 1 saturated heterocycles. The molecule has 2 heterocycles. The second-order valence-electron chi connectivity index (χ2n) is 4.57. The number of rotatable bonds is 6. The highest BCUT2D eigenvalue weighted by atomic mass is 16.5. The van der Waals surface area contributed by atoms with E-state index in [9.17, 15) is 0 Å². The molecule has 0 aliphatic carbocycles. The normalized spacial score (nSPS) is 19.7. The van der Waals surface area contributed by atoms with E-state index in [1.54, 1.807) is 19.5 Å². The van der Waals surface area contributed by atoms with Gasteiger partial charge in [0.25, 0.3) is 0 Å². The Bertz CT molecular complexity index is 354. The molecule has 100 valence electrons. The van der Waals surface area contributed by atoms with Gasteiger partial charge >= 0.3 is 0 Å². The molecule has 0 saturated carbocycles. The van der Waals surface area contributed by atoms with Crippen LogP contribution in [0.1, 0.15) is 25.0 Å². The Balaban J connectivity index is 1.68. The van der Waals surface area contributed by atoms with Crippen molar-refractivity contribution in [3.8, 4) is 5.88 Å². The first-order valence-electron chi connectivity index (χ1n) is 6.52. The maximum Gasteiger partial charge on any atom is 0.237 e. The first-order valence-corrected chi connectivity index (χ1v) is 6.52. The van der Waals surface area contributed by atoms with Crippen molar-refractivity contribution in [2.24, 2.45) is 5.92 Å². The van der Waals surface area contributed by atoms with E-state index in [1.165, 1.54) is 12.8 Å². The monoisotopic (exact) mass is 251 g/mol. The van der Waals surface area contributed by atoms with Crippen LogP contribution in [-0.2, 0) is 11.3 Å². The molecule has 5 nitrogen and oxygen atoms in total. The van der Waals surface area contributed by atoms with Crippen molar-refractivity contribution in [3.05, 3.63) is 18.1 Å². The maximum absolute atomic E-state index is 5.65. The van der Waals surface area contributed by atoms with Crippen molar-refractivity contribution < 1.29 is 9.47 Å². The molecule has 1 aromatic rings. The van der Waals surface area contributed by atoms with E-state index < -0.39 is 0 Å². The van der Waals surface area contributed by atoms with Crippen molar-refractivity contribution in [1.82, 2.24) is 15.3 Å². The van der Waals surface area contributed by atoms with E-state index in [0.29, 0.717) is 12.5 Å². The molecule has 2 rings (SSSR count).